The van der Waals surface area contributed by atoms with E-state index in [-0.39, 0.29) is 0 Å². The highest BCUT2D eigenvalue weighted by atomic mass is 79.9. The predicted octanol–water partition coefficient (Wildman–Crippen LogP) is 3.43. The summed E-state index contributed by atoms with van der Waals surface area (Å²) in [5.41, 5.74) is -0.281. The van der Waals surface area contributed by atoms with Crippen molar-refractivity contribution >= 4 is 21.8 Å². The van der Waals surface area contributed by atoms with Gasteiger partial charge < -0.3 is 4.34 Å². The first-order valence-electron chi connectivity index (χ1n) is 3.08. The SMILES string of the molecule is FC(F)(F)c1cccc(NBr)c1. The molecule has 1 nitrogen and oxygen atoms in total. The maximum Gasteiger partial charge on any atom is 0.416 e. The Morgan fingerprint density at radius 2 is 1.92 bits per heavy atom. The number of hydrogen-bond acceptors (Lipinski definition) is 1. The summed E-state index contributed by atoms with van der Waals surface area (Å²) in [6.07, 6.45) is -4.28. The molecule has 0 aliphatic heterocycles. The molecule has 0 unspecified atom stereocenters. The van der Waals surface area contributed by atoms with Crippen molar-refractivity contribution < 1.29 is 13.2 Å². The van der Waals surface area contributed by atoms with Crippen LogP contribution >= 0.6 is 16.1 Å². The summed E-state index contributed by atoms with van der Waals surface area (Å²) >= 11 is 2.84. The van der Waals surface area contributed by atoms with Gasteiger partial charge in [0.2, 0.25) is 0 Å². The van der Waals surface area contributed by atoms with Crippen LogP contribution < -0.4 is 4.34 Å². The van der Waals surface area contributed by atoms with Gasteiger partial charge in [-0.1, -0.05) is 6.07 Å². The van der Waals surface area contributed by atoms with Crippen molar-refractivity contribution in [2.75, 3.05) is 4.34 Å². The lowest BCUT2D eigenvalue weighted by Gasteiger charge is -2.07. The Bertz CT molecular complexity index is 272. The maximum absolute atomic E-state index is 12.1. The third-order valence-electron chi connectivity index (χ3n) is 1.30. The van der Waals surface area contributed by atoms with Gasteiger partial charge in [0.25, 0.3) is 0 Å². The maximum atomic E-state index is 12.1. The summed E-state index contributed by atoms with van der Waals surface area (Å²) in [5, 5.41) is 0. The molecule has 66 valence electrons. The third-order valence-corrected chi connectivity index (χ3v) is 1.76. The van der Waals surface area contributed by atoms with E-state index in [2.05, 4.69) is 20.5 Å². The summed E-state index contributed by atoms with van der Waals surface area (Å²) in [5.74, 6) is 0. The van der Waals surface area contributed by atoms with Gasteiger partial charge in [-0.15, -0.1) is 0 Å². The highest BCUT2D eigenvalue weighted by Crippen LogP contribution is 2.30. The van der Waals surface area contributed by atoms with Gasteiger partial charge in [0, 0.05) is 21.8 Å². The summed E-state index contributed by atoms with van der Waals surface area (Å²) in [6, 6.07) is 4.92. The fourth-order valence-electron chi connectivity index (χ4n) is 0.754. The molecular weight excluding hydrogens is 235 g/mol. The summed E-state index contributed by atoms with van der Waals surface area (Å²) in [4.78, 5) is 0. The predicted molar refractivity (Wildman–Crippen MR) is 44.0 cm³/mol. The zero-order chi connectivity index (χ0) is 9.19. The molecular formula is C7H5BrF3N. The van der Waals surface area contributed by atoms with Crippen LogP contribution in [0.2, 0.25) is 0 Å². The van der Waals surface area contributed by atoms with Gasteiger partial charge in [-0.2, -0.15) is 13.2 Å². The van der Waals surface area contributed by atoms with Crippen LogP contribution in [-0.4, -0.2) is 0 Å². The normalized spacial score (nSPS) is 11.3. The zero-order valence-electron chi connectivity index (χ0n) is 5.82. The number of halogens is 4. The third kappa shape index (κ3) is 2.14. The van der Waals surface area contributed by atoms with Crippen LogP contribution in [0.4, 0.5) is 18.9 Å². The lowest BCUT2D eigenvalue weighted by molar-refractivity contribution is -0.137. The number of benzene rings is 1. The summed E-state index contributed by atoms with van der Waals surface area (Å²) < 4.78 is 38.6. The van der Waals surface area contributed by atoms with E-state index < -0.39 is 11.7 Å². The van der Waals surface area contributed by atoms with Crippen LogP contribution in [0.15, 0.2) is 24.3 Å². The van der Waals surface area contributed by atoms with E-state index in [1.54, 1.807) is 0 Å². The number of anilines is 1. The molecule has 5 heteroatoms. The molecule has 0 aliphatic rings. The fraction of sp³-hybridized carbons (Fsp3) is 0.143. The minimum absolute atomic E-state index is 0.379. The van der Waals surface area contributed by atoms with Crippen LogP contribution in [0.3, 0.4) is 0 Å². The average Bonchev–Trinajstić information content (AvgIpc) is 2.03. The Morgan fingerprint density at radius 1 is 1.25 bits per heavy atom. The first kappa shape index (κ1) is 9.38. The van der Waals surface area contributed by atoms with Crippen LogP contribution in [0.5, 0.6) is 0 Å². The van der Waals surface area contributed by atoms with Gasteiger partial charge >= 0.3 is 6.18 Å². The Hall–Kier alpha value is -0.710. The Morgan fingerprint density at radius 3 is 2.42 bits per heavy atom. The highest BCUT2D eigenvalue weighted by Gasteiger charge is 2.30. The molecule has 1 rings (SSSR count). The molecule has 1 aromatic rings. The van der Waals surface area contributed by atoms with Crippen LogP contribution in [0.1, 0.15) is 5.56 Å². The molecule has 0 aromatic heterocycles. The topological polar surface area (TPSA) is 12.0 Å². The molecule has 0 spiro atoms. The molecule has 0 radical (unpaired) electrons. The van der Waals surface area contributed by atoms with E-state index in [4.69, 9.17) is 0 Å². The van der Waals surface area contributed by atoms with Gasteiger partial charge in [-0.05, 0) is 18.2 Å². The molecule has 12 heavy (non-hydrogen) atoms. The lowest BCUT2D eigenvalue weighted by Crippen LogP contribution is -2.04. The largest absolute Gasteiger partial charge is 0.416 e. The summed E-state index contributed by atoms with van der Waals surface area (Å²) in [7, 11) is 0. The van der Waals surface area contributed by atoms with Crippen molar-refractivity contribution in [2.45, 2.75) is 6.18 Å². The Kier molecular flexibility index (Phi) is 2.62. The minimum Gasteiger partial charge on any atom is -0.322 e. The quantitative estimate of drug-likeness (QED) is 0.741. The van der Waals surface area contributed by atoms with Gasteiger partial charge in [-0.25, -0.2) is 0 Å². The van der Waals surface area contributed by atoms with E-state index in [0.29, 0.717) is 5.69 Å². The van der Waals surface area contributed by atoms with Crippen molar-refractivity contribution in [1.29, 1.82) is 0 Å². The van der Waals surface area contributed by atoms with Crippen LogP contribution in [0.25, 0.3) is 0 Å². The Balaban J connectivity index is 3.02. The molecule has 0 heterocycles. The van der Waals surface area contributed by atoms with Gasteiger partial charge in [0.05, 0.1) is 5.56 Å². The molecule has 1 aromatic carbocycles. The molecule has 0 saturated heterocycles. The van der Waals surface area contributed by atoms with E-state index in [0.717, 1.165) is 12.1 Å². The first-order valence-corrected chi connectivity index (χ1v) is 3.87. The van der Waals surface area contributed by atoms with Gasteiger partial charge in [0.15, 0.2) is 0 Å². The molecule has 0 fully saturated rings. The van der Waals surface area contributed by atoms with E-state index in [1.165, 1.54) is 12.1 Å². The van der Waals surface area contributed by atoms with Gasteiger partial charge in [0.1, 0.15) is 0 Å². The molecule has 0 amide bonds. The monoisotopic (exact) mass is 239 g/mol. The highest BCUT2D eigenvalue weighted by molar-refractivity contribution is 9.10. The standard InChI is InChI=1S/C7H5BrF3N/c8-12-6-3-1-2-5(4-6)7(9,10)11/h1-4,12H. The zero-order valence-corrected chi connectivity index (χ0v) is 7.41. The second-order valence-corrected chi connectivity index (χ2v) is 2.57. The van der Waals surface area contributed by atoms with E-state index in [9.17, 15) is 13.2 Å². The smallest absolute Gasteiger partial charge is 0.322 e. The average molecular weight is 240 g/mol. The molecule has 0 aliphatic carbocycles. The Labute approximate surface area is 75.9 Å². The molecule has 1 N–H and O–H groups in total. The van der Waals surface area contributed by atoms with Crippen LogP contribution in [0, 0.1) is 0 Å². The summed E-state index contributed by atoms with van der Waals surface area (Å²) in [6.45, 7) is 0. The second-order valence-electron chi connectivity index (χ2n) is 2.17. The van der Waals surface area contributed by atoms with Gasteiger partial charge in [-0.3, -0.25) is 0 Å². The first-order chi connectivity index (χ1) is 5.54. The molecule has 0 saturated carbocycles. The number of hydrogen-bond donors (Lipinski definition) is 1. The lowest BCUT2D eigenvalue weighted by atomic mass is 10.2. The number of alkyl halides is 3. The van der Waals surface area contributed by atoms with Crippen molar-refractivity contribution in [2.24, 2.45) is 0 Å². The number of nitrogens with one attached hydrogen (secondary N) is 1. The van der Waals surface area contributed by atoms with Crippen molar-refractivity contribution in [3.05, 3.63) is 29.8 Å². The van der Waals surface area contributed by atoms with Crippen molar-refractivity contribution in [3.8, 4) is 0 Å². The van der Waals surface area contributed by atoms with E-state index >= 15 is 0 Å². The minimum atomic E-state index is -4.28. The number of rotatable bonds is 1. The van der Waals surface area contributed by atoms with Crippen molar-refractivity contribution in [3.63, 3.8) is 0 Å². The molecule has 0 atom stereocenters. The second kappa shape index (κ2) is 3.35. The van der Waals surface area contributed by atoms with Crippen LogP contribution in [-0.2, 0) is 6.18 Å². The van der Waals surface area contributed by atoms with E-state index in [1.807, 2.05) is 0 Å². The molecule has 0 bridgehead atoms. The van der Waals surface area contributed by atoms with Crippen molar-refractivity contribution in [1.82, 2.24) is 0 Å². The fourth-order valence-corrected chi connectivity index (χ4v) is 1.00.